The van der Waals surface area contributed by atoms with Gasteiger partial charge in [0, 0.05) is 31.4 Å². The molecule has 1 fully saturated rings. The molecule has 162 valence electrons. The molecule has 1 saturated heterocycles. The van der Waals surface area contributed by atoms with Gasteiger partial charge in [0.2, 0.25) is 5.91 Å². The number of carboxylic acids is 1. The molecule has 0 radical (unpaired) electrons. The molecule has 1 aromatic carbocycles. The van der Waals surface area contributed by atoms with Crippen LogP contribution in [0.15, 0.2) is 42.5 Å². The summed E-state index contributed by atoms with van der Waals surface area (Å²) >= 11 is 0. The summed E-state index contributed by atoms with van der Waals surface area (Å²) in [6.45, 7) is 2.67. The number of rotatable bonds is 11. The Kier molecular flexibility index (Phi) is 10.2. The normalized spacial score (nSPS) is 18.3. The van der Waals surface area contributed by atoms with Crippen molar-refractivity contribution in [2.75, 3.05) is 6.54 Å². The molecule has 2 unspecified atom stereocenters. The Bertz CT molecular complexity index is 762. The molecule has 2 rings (SSSR count). The van der Waals surface area contributed by atoms with Gasteiger partial charge in [0.05, 0.1) is 12.1 Å². The zero-order valence-electron chi connectivity index (χ0n) is 17.8. The van der Waals surface area contributed by atoms with Crippen molar-refractivity contribution < 1.29 is 19.8 Å². The maximum Gasteiger partial charge on any atom is 0.303 e. The smallest absolute Gasteiger partial charge is 0.303 e. The van der Waals surface area contributed by atoms with E-state index in [1.54, 1.807) is 6.08 Å². The minimum Gasteiger partial charge on any atom is -0.481 e. The standard InChI is InChI=1S/C25H33NO4/c1-20(10-9-13-21-11-5-4-6-12-21)23(27)17-15-22-16-18-24(28)26(22)19-8-3-2-7-14-25(29)30/h4-6,11-12,15,17,20,22-23,27H,2-3,7-8,10,14,16,18-19H2,1H3,(H,29,30)/b17-15+/t20?,22?,23-/m0/s1. The van der Waals surface area contributed by atoms with Gasteiger partial charge in [-0.15, -0.1) is 0 Å². The topological polar surface area (TPSA) is 77.8 Å². The first-order chi connectivity index (χ1) is 14.5. The van der Waals surface area contributed by atoms with Gasteiger partial charge in [-0.3, -0.25) is 9.59 Å². The number of unbranched alkanes of at least 4 members (excludes halogenated alkanes) is 3. The number of carbonyl (C=O) groups excluding carboxylic acids is 1. The highest BCUT2D eigenvalue weighted by Crippen LogP contribution is 2.22. The third-order valence-electron chi connectivity index (χ3n) is 5.46. The summed E-state index contributed by atoms with van der Waals surface area (Å²) in [5.74, 6) is 5.66. The van der Waals surface area contributed by atoms with Crippen molar-refractivity contribution in [2.24, 2.45) is 5.92 Å². The van der Waals surface area contributed by atoms with E-state index in [0.29, 0.717) is 25.8 Å². The van der Waals surface area contributed by atoms with Crippen LogP contribution in [-0.2, 0) is 9.59 Å². The number of amides is 1. The van der Waals surface area contributed by atoms with Crippen molar-refractivity contribution in [3.8, 4) is 11.8 Å². The highest BCUT2D eigenvalue weighted by atomic mass is 16.4. The van der Waals surface area contributed by atoms with Crippen molar-refractivity contribution in [1.29, 1.82) is 0 Å². The molecule has 0 bridgehead atoms. The number of aliphatic hydroxyl groups excluding tert-OH is 1. The molecule has 0 aliphatic carbocycles. The van der Waals surface area contributed by atoms with E-state index >= 15 is 0 Å². The predicted molar refractivity (Wildman–Crippen MR) is 118 cm³/mol. The summed E-state index contributed by atoms with van der Waals surface area (Å²) < 4.78 is 0. The van der Waals surface area contributed by atoms with Crippen LogP contribution in [-0.4, -0.2) is 45.7 Å². The predicted octanol–water partition coefficient (Wildman–Crippen LogP) is 4.01. The highest BCUT2D eigenvalue weighted by molar-refractivity contribution is 5.79. The quantitative estimate of drug-likeness (QED) is 0.328. The van der Waals surface area contributed by atoms with Crippen molar-refractivity contribution >= 4 is 11.9 Å². The molecule has 1 amide bonds. The number of hydrogen-bond donors (Lipinski definition) is 2. The molecule has 1 aromatic rings. The maximum atomic E-state index is 12.2. The molecular formula is C25H33NO4. The fourth-order valence-corrected chi connectivity index (χ4v) is 3.55. The summed E-state index contributed by atoms with van der Waals surface area (Å²) in [7, 11) is 0. The maximum absolute atomic E-state index is 12.2. The van der Waals surface area contributed by atoms with Crippen LogP contribution in [0.4, 0.5) is 0 Å². The fourth-order valence-electron chi connectivity index (χ4n) is 3.55. The summed E-state index contributed by atoms with van der Waals surface area (Å²) in [5, 5.41) is 19.1. The number of likely N-dealkylation sites (tertiary alicyclic amines) is 1. The Hall–Kier alpha value is -2.58. The van der Waals surface area contributed by atoms with Crippen LogP contribution in [0.3, 0.4) is 0 Å². The van der Waals surface area contributed by atoms with Crippen LogP contribution in [0.1, 0.15) is 63.9 Å². The summed E-state index contributed by atoms with van der Waals surface area (Å²) in [5.41, 5.74) is 0.970. The van der Waals surface area contributed by atoms with E-state index in [2.05, 4.69) is 11.8 Å². The second-order valence-electron chi connectivity index (χ2n) is 7.98. The largest absolute Gasteiger partial charge is 0.481 e. The summed E-state index contributed by atoms with van der Waals surface area (Å²) in [6, 6.07) is 9.83. The van der Waals surface area contributed by atoms with Crippen LogP contribution in [0, 0.1) is 17.8 Å². The zero-order valence-corrected chi connectivity index (χ0v) is 17.8. The Balaban J connectivity index is 1.76. The number of aliphatic carboxylic acids is 1. The van der Waals surface area contributed by atoms with E-state index in [1.165, 1.54) is 0 Å². The number of benzene rings is 1. The number of hydrogen-bond acceptors (Lipinski definition) is 3. The molecule has 1 aliphatic rings. The molecule has 1 aliphatic heterocycles. The van der Waals surface area contributed by atoms with Crippen LogP contribution < -0.4 is 0 Å². The van der Waals surface area contributed by atoms with Gasteiger partial charge < -0.3 is 15.1 Å². The Labute approximate surface area is 179 Å². The van der Waals surface area contributed by atoms with Gasteiger partial charge >= 0.3 is 5.97 Å². The van der Waals surface area contributed by atoms with Gasteiger partial charge in [0.15, 0.2) is 0 Å². The Morgan fingerprint density at radius 2 is 1.97 bits per heavy atom. The van der Waals surface area contributed by atoms with Crippen LogP contribution in [0.5, 0.6) is 0 Å². The monoisotopic (exact) mass is 411 g/mol. The number of aliphatic hydroxyl groups is 1. The molecule has 30 heavy (non-hydrogen) atoms. The van der Waals surface area contributed by atoms with Crippen LogP contribution >= 0.6 is 0 Å². The third-order valence-corrected chi connectivity index (χ3v) is 5.46. The van der Waals surface area contributed by atoms with Gasteiger partial charge in [0.1, 0.15) is 0 Å². The lowest BCUT2D eigenvalue weighted by molar-refractivity contribution is -0.137. The molecule has 1 heterocycles. The Morgan fingerprint density at radius 1 is 1.23 bits per heavy atom. The van der Waals surface area contributed by atoms with E-state index in [1.807, 2.05) is 48.2 Å². The average molecular weight is 412 g/mol. The van der Waals surface area contributed by atoms with Gasteiger partial charge in [-0.25, -0.2) is 0 Å². The first-order valence-electron chi connectivity index (χ1n) is 10.9. The van der Waals surface area contributed by atoms with E-state index in [9.17, 15) is 14.7 Å². The number of carboxylic acid groups (broad SMARTS) is 1. The average Bonchev–Trinajstić information content (AvgIpc) is 3.08. The molecular weight excluding hydrogens is 378 g/mol. The lowest BCUT2D eigenvalue weighted by Gasteiger charge is -2.23. The van der Waals surface area contributed by atoms with E-state index in [0.717, 1.165) is 31.2 Å². The second-order valence-corrected chi connectivity index (χ2v) is 7.98. The van der Waals surface area contributed by atoms with Gasteiger partial charge in [-0.2, -0.15) is 0 Å². The minimum atomic E-state index is -0.756. The van der Waals surface area contributed by atoms with Crippen molar-refractivity contribution in [2.45, 2.75) is 70.4 Å². The molecule has 0 saturated carbocycles. The number of carbonyl (C=O) groups is 2. The summed E-state index contributed by atoms with van der Waals surface area (Å²) in [6.07, 6.45) is 8.66. The highest BCUT2D eigenvalue weighted by Gasteiger charge is 2.28. The van der Waals surface area contributed by atoms with Crippen molar-refractivity contribution in [3.05, 3.63) is 48.0 Å². The molecule has 5 nitrogen and oxygen atoms in total. The second kappa shape index (κ2) is 12.9. The summed E-state index contributed by atoms with van der Waals surface area (Å²) in [4.78, 5) is 24.6. The lowest BCUT2D eigenvalue weighted by Crippen LogP contribution is -2.33. The van der Waals surface area contributed by atoms with Gasteiger partial charge in [0.25, 0.3) is 0 Å². The first kappa shape index (κ1) is 23.7. The van der Waals surface area contributed by atoms with Gasteiger partial charge in [-0.05, 0) is 37.3 Å². The number of nitrogens with zero attached hydrogens (tertiary/aromatic N) is 1. The zero-order chi connectivity index (χ0) is 21.8. The SMILES string of the molecule is CC(CC#Cc1ccccc1)[C@@H](O)/C=C/C1CCC(=O)N1CCCCCCC(=O)O. The molecule has 0 aromatic heterocycles. The lowest BCUT2D eigenvalue weighted by atomic mass is 9.99. The van der Waals surface area contributed by atoms with Crippen molar-refractivity contribution in [1.82, 2.24) is 4.90 Å². The van der Waals surface area contributed by atoms with E-state index in [4.69, 9.17) is 5.11 Å². The van der Waals surface area contributed by atoms with E-state index in [-0.39, 0.29) is 24.3 Å². The molecule has 5 heteroatoms. The first-order valence-corrected chi connectivity index (χ1v) is 10.9. The molecule has 0 spiro atoms. The fraction of sp³-hybridized carbons (Fsp3) is 0.520. The van der Waals surface area contributed by atoms with E-state index < -0.39 is 12.1 Å². The third kappa shape index (κ3) is 8.42. The van der Waals surface area contributed by atoms with Gasteiger partial charge in [-0.1, -0.05) is 62.0 Å². The minimum absolute atomic E-state index is 0.0113. The van der Waals surface area contributed by atoms with Crippen molar-refractivity contribution in [3.63, 3.8) is 0 Å². The van der Waals surface area contributed by atoms with Crippen LogP contribution in [0.2, 0.25) is 0 Å². The Morgan fingerprint density at radius 3 is 2.70 bits per heavy atom. The van der Waals surface area contributed by atoms with Crippen LogP contribution in [0.25, 0.3) is 0 Å². The molecule has 2 N–H and O–H groups in total. The molecule has 3 atom stereocenters.